The molecular weight excluding hydrogens is 516 g/mol. The second kappa shape index (κ2) is 8.36. The van der Waals surface area contributed by atoms with Gasteiger partial charge in [-0.05, 0) is 55.3 Å². The van der Waals surface area contributed by atoms with Crippen LogP contribution in [-0.4, -0.2) is 34.5 Å². The second-order valence-electron chi connectivity index (χ2n) is 10.4. The lowest BCUT2D eigenvalue weighted by Crippen LogP contribution is -2.53. The fourth-order valence-corrected chi connectivity index (χ4v) is 6.83. The van der Waals surface area contributed by atoms with E-state index >= 15 is 0 Å². The molecule has 2 fully saturated rings. The first-order valence-corrected chi connectivity index (χ1v) is 13.1. The van der Waals surface area contributed by atoms with E-state index in [-0.39, 0.29) is 11.7 Å². The highest BCUT2D eigenvalue weighted by molar-refractivity contribution is 6.35. The normalized spacial score (nSPS) is 25.4. The molecule has 4 aromatic rings. The van der Waals surface area contributed by atoms with Crippen molar-refractivity contribution in [2.24, 2.45) is 11.8 Å². The van der Waals surface area contributed by atoms with Crippen LogP contribution in [0.1, 0.15) is 28.4 Å². The molecule has 9 heteroatoms. The van der Waals surface area contributed by atoms with Gasteiger partial charge in [-0.15, -0.1) is 0 Å². The van der Waals surface area contributed by atoms with Crippen molar-refractivity contribution in [3.8, 4) is 0 Å². The Morgan fingerprint density at radius 1 is 0.974 bits per heavy atom. The van der Waals surface area contributed by atoms with Gasteiger partial charge in [0.1, 0.15) is 5.54 Å². The highest BCUT2D eigenvalue weighted by Gasteiger charge is 2.70. The smallest absolute Gasteiger partial charge is 0.250 e. The average Bonchev–Trinajstić information content (AvgIpc) is 3.64. The van der Waals surface area contributed by atoms with E-state index in [2.05, 4.69) is 15.6 Å². The number of fused-ring (bicyclic) bond motifs is 5. The maximum Gasteiger partial charge on any atom is 0.250 e. The van der Waals surface area contributed by atoms with Crippen LogP contribution in [0.2, 0.25) is 5.02 Å². The molecule has 3 N–H and O–H groups in total. The quantitative estimate of drug-likeness (QED) is 0.266. The van der Waals surface area contributed by atoms with Crippen molar-refractivity contribution in [1.29, 1.82) is 0 Å². The summed E-state index contributed by atoms with van der Waals surface area (Å²) in [6.45, 7) is 1.46. The Kier molecular flexibility index (Phi) is 5.11. The third-order valence-electron chi connectivity index (χ3n) is 8.35. The van der Waals surface area contributed by atoms with Crippen molar-refractivity contribution in [2.45, 2.75) is 24.9 Å². The molecule has 0 bridgehead atoms. The molecule has 0 radical (unpaired) electrons. The van der Waals surface area contributed by atoms with Gasteiger partial charge in [-0.25, -0.2) is 4.90 Å². The van der Waals surface area contributed by atoms with E-state index in [1.54, 1.807) is 42.5 Å². The molecule has 39 heavy (non-hydrogen) atoms. The Bertz CT molecular complexity index is 1730. The average molecular weight is 539 g/mol. The lowest BCUT2D eigenvalue weighted by molar-refractivity contribution is -0.130. The monoisotopic (exact) mass is 538 g/mol. The van der Waals surface area contributed by atoms with Gasteiger partial charge in [-0.3, -0.25) is 24.5 Å². The third-order valence-corrected chi connectivity index (χ3v) is 8.66. The summed E-state index contributed by atoms with van der Waals surface area (Å²) in [7, 11) is 0. The zero-order chi connectivity index (χ0) is 27.1. The molecule has 4 atom stereocenters. The molecule has 2 saturated heterocycles. The molecule has 3 aromatic carbocycles. The number of carbonyl (C=O) groups excluding carboxylic acids is 4. The van der Waals surface area contributed by atoms with Crippen LogP contribution in [0, 0.1) is 11.8 Å². The van der Waals surface area contributed by atoms with Crippen molar-refractivity contribution >= 4 is 57.4 Å². The molecule has 3 amide bonds. The summed E-state index contributed by atoms with van der Waals surface area (Å²) in [5.74, 6) is -3.13. The standard InChI is InChI=1S/C30H23ClN4O4/c1-15(36)16-9-11-18(12-10-16)35-27(37)24-23(13-17-14-32-22-8-3-2-5-19(17)22)34-30(25(24)28(35)38)20-6-4-7-21(31)26(20)33-29(30)39/h2-12,14,23-25,32,34H,13H2,1H3,(H,33,39)/t23-,24-,25+,30-/m1/s1. The highest BCUT2D eigenvalue weighted by atomic mass is 35.5. The van der Waals surface area contributed by atoms with E-state index in [0.717, 1.165) is 16.5 Å². The number of hydrogen-bond acceptors (Lipinski definition) is 5. The number of anilines is 2. The number of Topliss-reactive ketones (excluding diaryl/α,β-unsaturated/α-hetero) is 1. The first-order chi connectivity index (χ1) is 18.8. The number of benzene rings is 3. The Labute approximate surface area is 228 Å². The molecule has 3 aliphatic heterocycles. The minimum atomic E-state index is -1.46. The predicted octanol–water partition coefficient (Wildman–Crippen LogP) is 4.19. The Hall–Kier alpha value is -4.27. The molecule has 0 saturated carbocycles. The molecule has 7 rings (SSSR count). The van der Waals surface area contributed by atoms with Gasteiger partial charge in [0.15, 0.2) is 5.78 Å². The number of amides is 3. The first-order valence-electron chi connectivity index (χ1n) is 12.7. The number of aromatic nitrogens is 1. The molecule has 4 heterocycles. The van der Waals surface area contributed by atoms with Gasteiger partial charge < -0.3 is 10.3 Å². The highest BCUT2D eigenvalue weighted by Crippen LogP contribution is 2.55. The van der Waals surface area contributed by atoms with Crippen LogP contribution in [-0.2, 0) is 26.3 Å². The number of imide groups is 1. The minimum Gasteiger partial charge on any atom is -0.361 e. The van der Waals surface area contributed by atoms with Crippen LogP contribution in [0.3, 0.4) is 0 Å². The van der Waals surface area contributed by atoms with E-state index in [4.69, 9.17) is 11.6 Å². The summed E-state index contributed by atoms with van der Waals surface area (Å²) < 4.78 is 0. The Morgan fingerprint density at radius 2 is 1.74 bits per heavy atom. The lowest BCUT2D eigenvalue weighted by atomic mass is 9.76. The van der Waals surface area contributed by atoms with Gasteiger partial charge in [0.2, 0.25) is 17.7 Å². The van der Waals surface area contributed by atoms with Crippen LogP contribution in [0.25, 0.3) is 10.9 Å². The molecule has 0 aliphatic carbocycles. The van der Waals surface area contributed by atoms with E-state index in [1.807, 2.05) is 30.5 Å². The van der Waals surface area contributed by atoms with Crippen LogP contribution in [0.5, 0.6) is 0 Å². The number of nitrogens with zero attached hydrogens (tertiary/aromatic N) is 1. The number of para-hydroxylation sites is 2. The van der Waals surface area contributed by atoms with Crippen LogP contribution in [0.4, 0.5) is 11.4 Å². The zero-order valence-corrected chi connectivity index (χ0v) is 21.6. The number of H-pyrrole nitrogens is 1. The molecule has 8 nitrogen and oxygen atoms in total. The molecule has 194 valence electrons. The maximum atomic E-state index is 14.2. The van der Waals surface area contributed by atoms with Crippen LogP contribution >= 0.6 is 11.6 Å². The van der Waals surface area contributed by atoms with Crippen LogP contribution in [0.15, 0.2) is 72.9 Å². The predicted molar refractivity (Wildman–Crippen MR) is 147 cm³/mol. The molecular formula is C30H23ClN4O4. The number of ketones is 1. The van der Waals surface area contributed by atoms with Crippen molar-refractivity contribution in [2.75, 3.05) is 10.2 Å². The fraction of sp³-hybridized carbons (Fsp3) is 0.200. The van der Waals surface area contributed by atoms with Crippen molar-refractivity contribution < 1.29 is 19.2 Å². The van der Waals surface area contributed by atoms with Gasteiger partial charge in [-0.2, -0.15) is 0 Å². The summed E-state index contributed by atoms with van der Waals surface area (Å²) in [5.41, 5.74) is 2.35. The first kappa shape index (κ1) is 23.8. The number of carbonyl (C=O) groups is 4. The summed E-state index contributed by atoms with van der Waals surface area (Å²) in [6, 6.07) is 19.0. The summed E-state index contributed by atoms with van der Waals surface area (Å²) in [6.07, 6.45) is 2.33. The number of halogens is 1. The van der Waals surface area contributed by atoms with Gasteiger partial charge in [-0.1, -0.05) is 41.9 Å². The lowest BCUT2D eigenvalue weighted by Gasteiger charge is -2.29. The van der Waals surface area contributed by atoms with Crippen molar-refractivity contribution in [1.82, 2.24) is 10.3 Å². The SMILES string of the molecule is CC(=O)c1ccc(N2C(=O)[C@H]3[C@@H](C2=O)[C@@]2(N[C@@H]3Cc3c[nH]c4ccccc34)C(=O)Nc3c(Cl)cccc32)cc1. The number of rotatable bonds is 4. The van der Waals surface area contributed by atoms with E-state index in [9.17, 15) is 19.2 Å². The number of hydrogen-bond donors (Lipinski definition) is 3. The topological polar surface area (TPSA) is 111 Å². The molecule has 3 aliphatic rings. The van der Waals surface area contributed by atoms with Gasteiger partial charge >= 0.3 is 0 Å². The van der Waals surface area contributed by atoms with Gasteiger partial charge in [0, 0.05) is 34.3 Å². The third kappa shape index (κ3) is 3.22. The van der Waals surface area contributed by atoms with Gasteiger partial charge in [0.25, 0.3) is 0 Å². The van der Waals surface area contributed by atoms with E-state index in [1.165, 1.54) is 11.8 Å². The molecule has 1 aromatic heterocycles. The van der Waals surface area contributed by atoms with E-state index < -0.39 is 35.2 Å². The summed E-state index contributed by atoms with van der Waals surface area (Å²) >= 11 is 6.45. The molecule has 0 unspecified atom stereocenters. The number of nitrogens with one attached hydrogen (secondary N) is 3. The number of aromatic amines is 1. The summed E-state index contributed by atoms with van der Waals surface area (Å²) in [5, 5.41) is 7.72. The zero-order valence-electron chi connectivity index (χ0n) is 20.8. The van der Waals surface area contributed by atoms with Gasteiger partial charge in [0.05, 0.1) is 28.2 Å². The minimum absolute atomic E-state index is 0.115. The maximum absolute atomic E-state index is 14.2. The Balaban J connectivity index is 1.37. The largest absolute Gasteiger partial charge is 0.361 e. The summed E-state index contributed by atoms with van der Waals surface area (Å²) in [4.78, 5) is 58.2. The second-order valence-corrected chi connectivity index (χ2v) is 10.8. The fourth-order valence-electron chi connectivity index (χ4n) is 6.61. The van der Waals surface area contributed by atoms with Crippen LogP contribution < -0.4 is 15.5 Å². The van der Waals surface area contributed by atoms with Crippen molar-refractivity contribution in [3.63, 3.8) is 0 Å². The van der Waals surface area contributed by atoms with E-state index in [0.29, 0.717) is 33.9 Å². The Morgan fingerprint density at radius 3 is 2.51 bits per heavy atom. The van der Waals surface area contributed by atoms with Crippen molar-refractivity contribution in [3.05, 3.63) is 94.6 Å². The molecule has 1 spiro atoms.